The summed E-state index contributed by atoms with van der Waals surface area (Å²) in [5.74, 6) is 0.254. The molecule has 0 spiro atoms. The number of rotatable bonds is 9. The number of hydrogen-bond donors (Lipinski definition) is 0. The van der Waals surface area contributed by atoms with Gasteiger partial charge in [0, 0.05) is 45.4 Å². The van der Waals surface area contributed by atoms with E-state index in [9.17, 15) is 14.5 Å². The zero-order valence-corrected chi connectivity index (χ0v) is 20.3. The maximum Gasteiger partial charge on any atom is 0.272 e. The average Bonchev–Trinajstić information content (AvgIpc) is 3.38. The van der Waals surface area contributed by atoms with Gasteiger partial charge in [0.25, 0.3) is 5.69 Å². The van der Waals surface area contributed by atoms with Gasteiger partial charge in [-0.15, -0.1) is 11.3 Å². The van der Waals surface area contributed by atoms with Gasteiger partial charge in [-0.25, -0.2) is 9.37 Å². The summed E-state index contributed by atoms with van der Waals surface area (Å²) in [6.45, 7) is 8.04. The van der Waals surface area contributed by atoms with E-state index in [0.29, 0.717) is 24.6 Å². The molecule has 0 aliphatic heterocycles. The van der Waals surface area contributed by atoms with E-state index < -0.39 is 18.8 Å². The molecule has 11 heteroatoms. The monoisotopic (exact) mass is 486 g/mol. The Hall–Kier alpha value is -3.15. The van der Waals surface area contributed by atoms with Crippen molar-refractivity contribution >= 4 is 35.3 Å². The number of thiophene rings is 1. The van der Waals surface area contributed by atoms with Crippen LogP contribution in [-0.4, -0.2) is 34.1 Å². The van der Waals surface area contributed by atoms with Crippen LogP contribution in [0.15, 0.2) is 48.9 Å². The lowest BCUT2D eigenvalue weighted by Gasteiger charge is -2.15. The number of fused-ring (bicyclic) bond motifs is 1. The molecule has 3 aromatic heterocycles. The molecule has 0 saturated heterocycles. The van der Waals surface area contributed by atoms with Crippen LogP contribution in [0.2, 0.25) is 25.7 Å². The van der Waals surface area contributed by atoms with Crippen LogP contribution in [0.5, 0.6) is 11.5 Å². The second-order valence-corrected chi connectivity index (χ2v) is 15.4. The van der Waals surface area contributed by atoms with E-state index in [4.69, 9.17) is 9.47 Å². The Morgan fingerprint density at radius 2 is 1.97 bits per heavy atom. The number of benzene rings is 1. The normalized spacial score (nSPS) is 11.8. The summed E-state index contributed by atoms with van der Waals surface area (Å²) in [4.78, 5) is 19.9. The molecule has 0 radical (unpaired) electrons. The van der Waals surface area contributed by atoms with Gasteiger partial charge in [0.05, 0.1) is 26.1 Å². The summed E-state index contributed by atoms with van der Waals surface area (Å²) in [6.07, 6.45) is 5.16. The first-order valence-corrected chi connectivity index (χ1v) is 14.8. The predicted molar refractivity (Wildman–Crippen MR) is 128 cm³/mol. The summed E-state index contributed by atoms with van der Waals surface area (Å²) in [6, 6.07) is 7.92. The number of halogens is 1. The van der Waals surface area contributed by atoms with Crippen molar-refractivity contribution in [3.63, 3.8) is 0 Å². The van der Waals surface area contributed by atoms with Gasteiger partial charge in [0.2, 0.25) is 0 Å². The van der Waals surface area contributed by atoms with Crippen molar-refractivity contribution in [2.45, 2.75) is 32.4 Å². The number of nitro groups is 1. The molecule has 3 heterocycles. The van der Waals surface area contributed by atoms with Gasteiger partial charge in [0.15, 0.2) is 17.4 Å². The minimum Gasteiger partial charge on any atom is -0.453 e. The lowest BCUT2D eigenvalue weighted by molar-refractivity contribution is -0.385. The van der Waals surface area contributed by atoms with Gasteiger partial charge in [-0.05, 0) is 18.2 Å². The molecule has 8 nitrogen and oxygen atoms in total. The van der Waals surface area contributed by atoms with Crippen molar-refractivity contribution in [2.75, 3.05) is 6.61 Å². The highest BCUT2D eigenvalue weighted by molar-refractivity contribution is 7.22. The van der Waals surface area contributed by atoms with Crippen molar-refractivity contribution in [1.82, 2.24) is 14.5 Å². The fraction of sp³-hybridized carbons (Fsp3) is 0.273. The Kier molecular flexibility index (Phi) is 6.54. The van der Waals surface area contributed by atoms with E-state index in [2.05, 4.69) is 29.6 Å². The van der Waals surface area contributed by atoms with Crippen LogP contribution in [-0.2, 0) is 11.5 Å². The van der Waals surface area contributed by atoms with Crippen LogP contribution in [0.4, 0.5) is 10.1 Å². The largest absolute Gasteiger partial charge is 0.453 e. The third kappa shape index (κ3) is 5.44. The Labute approximate surface area is 194 Å². The van der Waals surface area contributed by atoms with Gasteiger partial charge in [-0.3, -0.25) is 15.1 Å². The van der Waals surface area contributed by atoms with E-state index in [1.165, 1.54) is 23.5 Å². The number of non-ortho nitro benzene ring substituents is 1. The van der Waals surface area contributed by atoms with E-state index >= 15 is 0 Å². The summed E-state index contributed by atoms with van der Waals surface area (Å²) in [7, 11) is -1.16. The van der Waals surface area contributed by atoms with E-state index in [-0.39, 0.29) is 11.4 Å². The molecule has 0 aliphatic carbocycles. The summed E-state index contributed by atoms with van der Waals surface area (Å²) in [5.41, 5.74) is 0.348. The number of pyridine rings is 1. The van der Waals surface area contributed by atoms with Crippen molar-refractivity contribution in [1.29, 1.82) is 0 Å². The molecule has 0 N–H and O–H groups in total. The van der Waals surface area contributed by atoms with Crippen LogP contribution >= 0.6 is 11.3 Å². The highest BCUT2D eigenvalue weighted by Gasteiger charge is 2.17. The maximum atomic E-state index is 14.3. The van der Waals surface area contributed by atoms with Crippen molar-refractivity contribution in [3.8, 4) is 22.2 Å². The van der Waals surface area contributed by atoms with Crippen LogP contribution in [0, 0.1) is 15.9 Å². The molecule has 0 fully saturated rings. The molecule has 0 amide bonds. The smallest absolute Gasteiger partial charge is 0.272 e. The molecule has 33 heavy (non-hydrogen) atoms. The SMILES string of the molecule is C[Si](C)(C)CCOCn1ccnc1-c1cc2nccc(Oc3ccc([N+](=O)[O-])cc3F)c2s1. The van der Waals surface area contributed by atoms with Crippen LogP contribution in [0.3, 0.4) is 0 Å². The predicted octanol–water partition coefficient (Wildman–Crippen LogP) is 6.31. The first kappa shape index (κ1) is 23.0. The van der Waals surface area contributed by atoms with Gasteiger partial charge in [0.1, 0.15) is 12.5 Å². The average molecular weight is 487 g/mol. The highest BCUT2D eigenvalue weighted by atomic mass is 32.1. The molecule has 4 rings (SSSR count). The van der Waals surface area contributed by atoms with E-state index in [0.717, 1.165) is 27.5 Å². The van der Waals surface area contributed by atoms with E-state index in [1.807, 2.05) is 16.8 Å². The standard InChI is InChI=1S/C22H23FN4O4SSi/c1-33(2,3)11-10-30-14-26-9-8-25-22(26)20-13-17-21(32-20)19(6-7-24-17)31-18-5-4-15(27(28)29)12-16(18)23/h4-9,12-13H,10-11,14H2,1-3H3. The quantitative estimate of drug-likeness (QED) is 0.119. The molecule has 0 atom stereocenters. The summed E-state index contributed by atoms with van der Waals surface area (Å²) >= 11 is 1.42. The van der Waals surface area contributed by atoms with Crippen LogP contribution in [0.1, 0.15) is 0 Å². The molecule has 1 aromatic carbocycles. The van der Waals surface area contributed by atoms with Crippen LogP contribution < -0.4 is 4.74 Å². The Morgan fingerprint density at radius 1 is 1.15 bits per heavy atom. The summed E-state index contributed by atoms with van der Waals surface area (Å²) in [5, 5.41) is 10.8. The number of nitrogens with zero attached hydrogens (tertiary/aromatic N) is 4. The lowest BCUT2D eigenvalue weighted by atomic mass is 10.3. The van der Waals surface area contributed by atoms with Gasteiger partial charge in [-0.2, -0.15) is 0 Å². The van der Waals surface area contributed by atoms with Gasteiger partial charge < -0.3 is 14.0 Å². The Balaban J connectivity index is 1.57. The molecule has 0 unspecified atom stereocenters. The third-order valence-electron chi connectivity index (χ3n) is 4.88. The zero-order chi connectivity index (χ0) is 23.6. The highest BCUT2D eigenvalue weighted by Crippen LogP contribution is 2.39. The second kappa shape index (κ2) is 9.38. The molecule has 0 bridgehead atoms. The molecule has 172 valence electrons. The van der Waals surface area contributed by atoms with Crippen molar-refractivity contribution in [3.05, 3.63) is 64.9 Å². The minimum absolute atomic E-state index is 0.0969. The molecule has 4 aromatic rings. The zero-order valence-electron chi connectivity index (χ0n) is 18.4. The Morgan fingerprint density at radius 3 is 2.70 bits per heavy atom. The number of nitro benzene ring substituents is 1. The molecule has 0 aliphatic rings. The van der Waals surface area contributed by atoms with E-state index in [1.54, 1.807) is 18.5 Å². The topological polar surface area (TPSA) is 92.3 Å². The van der Waals surface area contributed by atoms with Crippen molar-refractivity contribution in [2.24, 2.45) is 0 Å². The first-order chi connectivity index (χ1) is 15.7. The van der Waals surface area contributed by atoms with Gasteiger partial charge in [-0.1, -0.05) is 19.6 Å². The lowest BCUT2D eigenvalue weighted by Crippen LogP contribution is -2.22. The maximum absolute atomic E-state index is 14.3. The number of hydrogen-bond acceptors (Lipinski definition) is 7. The first-order valence-electron chi connectivity index (χ1n) is 10.3. The number of aromatic nitrogens is 3. The Bertz CT molecular complexity index is 1300. The van der Waals surface area contributed by atoms with Gasteiger partial charge >= 0.3 is 0 Å². The summed E-state index contributed by atoms with van der Waals surface area (Å²) < 4.78 is 28.6. The fourth-order valence-corrected chi connectivity index (χ4v) is 4.92. The minimum atomic E-state index is -1.16. The molecular weight excluding hydrogens is 463 g/mol. The molecular formula is C22H23FN4O4SSi. The number of ether oxygens (including phenoxy) is 2. The fourth-order valence-electron chi connectivity index (χ4n) is 3.09. The third-order valence-corrected chi connectivity index (χ3v) is 7.72. The number of imidazole rings is 1. The van der Waals surface area contributed by atoms with Crippen molar-refractivity contribution < 1.29 is 18.8 Å². The molecule has 0 saturated carbocycles. The second-order valence-electron chi connectivity index (χ2n) is 8.68. The van der Waals surface area contributed by atoms with Crippen LogP contribution in [0.25, 0.3) is 20.9 Å².